The third kappa shape index (κ3) is 3.47. The van der Waals surface area contributed by atoms with Gasteiger partial charge >= 0.3 is 5.69 Å². The molecular weight excluding hydrogens is 394 g/mol. The number of ether oxygens (including phenoxy) is 1. The van der Waals surface area contributed by atoms with Gasteiger partial charge in [-0.15, -0.1) is 0 Å². The topological polar surface area (TPSA) is 74.3 Å². The Morgan fingerprint density at radius 1 is 1.07 bits per heavy atom. The molecule has 0 unspecified atom stereocenters. The average molecular weight is 418 g/mol. The Kier molecular flexibility index (Phi) is 5.00. The van der Waals surface area contributed by atoms with E-state index in [1.807, 2.05) is 33.0 Å². The van der Waals surface area contributed by atoms with E-state index in [9.17, 15) is 9.59 Å². The van der Waals surface area contributed by atoms with Gasteiger partial charge in [-0.25, -0.2) is 4.79 Å². The van der Waals surface area contributed by atoms with E-state index < -0.39 is 5.69 Å². The second-order valence-corrected chi connectivity index (χ2v) is 8.10. The number of fused-ring (bicyclic) bond motifs is 1. The predicted octanol–water partition coefficient (Wildman–Crippen LogP) is 1.75. The highest BCUT2D eigenvalue weighted by atomic mass is 35.5. The second-order valence-electron chi connectivity index (χ2n) is 7.66. The number of hydrogen-bond donors (Lipinski definition) is 0. The number of halogens is 1. The van der Waals surface area contributed by atoms with E-state index in [-0.39, 0.29) is 24.3 Å². The maximum Gasteiger partial charge on any atom is 0.332 e. The van der Waals surface area contributed by atoms with Crippen molar-refractivity contribution in [2.75, 3.05) is 18.0 Å². The van der Waals surface area contributed by atoms with Crippen LogP contribution in [0.2, 0.25) is 5.02 Å². The van der Waals surface area contributed by atoms with Crippen LogP contribution in [0.25, 0.3) is 11.2 Å². The largest absolute Gasteiger partial charge is 0.372 e. The molecule has 3 aromatic rings. The van der Waals surface area contributed by atoms with Crippen molar-refractivity contribution in [2.24, 2.45) is 14.1 Å². The molecule has 1 aromatic carbocycles. The Hall–Kier alpha value is -2.58. The highest BCUT2D eigenvalue weighted by molar-refractivity contribution is 6.30. The Balaban J connectivity index is 1.84. The number of rotatable bonds is 3. The van der Waals surface area contributed by atoms with Crippen LogP contribution in [-0.4, -0.2) is 44.0 Å². The summed E-state index contributed by atoms with van der Waals surface area (Å²) in [5.41, 5.74) is 0.866. The fourth-order valence-corrected chi connectivity index (χ4v) is 4.09. The van der Waals surface area contributed by atoms with Gasteiger partial charge in [-0.2, -0.15) is 4.98 Å². The highest BCUT2D eigenvalue weighted by Crippen LogP contribution is 2.22. The number of morpholine rings is 1. The number of imidazole rings is 1. The molecule has 1 aliphatic heterocycles. The molecule has 2 atom stereocenters. The maximum absolute atomic E-state index is 13.2. The number of nitrogens with zero attached hydrogens (tertiary/aromatic N) is 5. The predicted molar refractivity (Wildman–Crippen MR) is 113 cm³/mol. The molecule has 8 nitrogen and oxygen atoms in total. The summed E-state index contributed by atoms with van der Waals surface area (Å²) in [7, 11) is 3.46. The zero-order valence-electron chi connectivity index (χ0n) is 16.9. The first-order chi connectivity index (χ1) is 13.8. The number of benzene rings is 1. The van der Waals surface area contributed by atoms with Crippen LogP contribution in [0.4, 0.5) is 5.95 Å². The van der Waals surface area contributed by atoms with E-state index in [4.69, 9.17) is 16.3 Å². The molecule has 154 valence electrons. The molecular formula is C20H24ClN5O3. The van der Waals surface area contributed by atoms with Crippen LogP contribution in [0.3, 0.4) is 0 Å². The van der Waals surface area contributed by atoms with Crippen molar-refractivity contribution in [1.29, 1.82) is 0 Å². The van der Waals surface area contributed by atoms with Crippen LogP contribution >= 0.6 is 11.6 Å². The zero-order chi connectivity index (χ0) is 20.9. The van der Waals surface area contributed by atoms with Gasteiger partial charge in [-0.05, 0) is 31.5 Å². The Bertz CT molecular complexity index is 1170. The van der Waals surface area contributed by atoms with Gasteiger partial charge in [0.1, 0.15) is 0 Å². The van der Waals surface area contributed by atoms with E-state index in [1.54, 1.807) is 23.7 Å². The SMILES string of the molecule is C[C@H]1CN(c2nc3c(c(=O)n(Cc4ccc(Cl)cc4)c(=O)n3C)n2C)C[C@H](C)O1. The van der Waals surface area contributed by atoms with Gasteiger partial charge in [0.25, 0.3) is 5.56 Å². The quantitative estimate of drug-likeness (QED) is 0.649. The van der Waals surface area contributed by atoms with Gasteiger partial charge in [0, 0.05) is 32.2 Å². The van der Waals surface area contributed by atoms with Crippen LogP contribution in [0.1, 0.15) is 19.4 Å². The van der Waals surface area contributed by atoms with Crippen molar-refractivity contribution in [1.82, 2.24) is 18.7 Å². The average Bonchev–Trinajstić information content (AvgIpc) is 3.02. The summed E-state index contributed by atoms with van der Waals surface area (Å²) in [6, 6.07) is 7.11. The first kappa shape index (κ1) is 19.7. The minimum atomic E-state index is -0.397. The van der Waals surface area contributed by atoms with Crippen LogP contribution in [-0.2, 0) is 25.4 Å². The summed E-state index contributed by atoms with van der Waals surface area (Å²) in [6.07, 6.45) is 0.118. The standard InChI is InChI=1S/C20H24ClN5O3/c1-12-9-25(10-13(2)29-12)19-22-17-16(23(19)3)18(27)26(20(28)24(17)4)11-14-5-7-15(21)8-6-14/h5-8,12-13H,9-11H2,1-4H3/t12-,13-/m0/s1. The summed E-state index contributed by atoms with van der Waals surface area (Å²) in [4.78, 5) is 32.9. The summed E-state index contributed by atoms with van der Waals surface area (Å²) in [5.74, 6) is 0.665. The molecule has 0 saturated carbocycles. The van der Waals surface area contributed by atoms with Crippen LogP contribution in [0, 0.1) is 0 Å². The van der Waals surface area contributed by atoms with E-state index in [1.165, 1.54) is 9.13 Å². The Morgan fingerprint density at radius 2 is 1.69 bits per heavy atom. The normalized spacial score (nSPS) is 19.8. The minimum Gasteiger partial charge on any atom is -0.372 e. The van der Waals surface area contributed by atoms with E-state index in [2.05, 4.69) is 9.88 Å². The van der Waals surface area contributed by atoms with Gasteiger partial charge in [-0.3, -0.25) is 13.9 Å². The molecule has 0 amide bonds. The van der Waals surface area contributed by atoms with E-state index in [0.717, 1.165) is 5.56 Å². The fraction of sp³-hybridized carbons (Fsp3) is 0.450. The molecule has 0 bridgehead atoms. The number of anilines is 1. The maximum atomic E-state index is 13.2. The lowest BCUT2D eigenvalue weighted by atomic mass is 10.2. The van der Waals surface area contributed by atoms with Crippen LogP contribution < -0.4 is 16.1 Å². The van der Waals surface area contributed by atoms with Crippen molar-refractivity contribution in [3.8, 4) is 0 Å². The number of aromatic nitrogens is 4. The van der Waals surface area contributed by atoms with E-state index >= 15 is 0 Å². The lowest BCUT2D eigenvalue weighted by Gasteiger charge is -2.35. The van der Waals surface area contributed by atoms with Gasteiger partial charge in [0.2, 0.25) is 5.95 Å². The minimum absolute atomic E-state index is 0.0592. The third-order valence-corrected chi connectivity index (χ3v) is 5.54. The fourth-order valence-electron chi connectivity index (χ4n) is 3.97. The van der Waals surface area contributed by atoms with Gasteiger partial charge < -0.3 is 14.2 Å². The van der Waals surface area contributed by atoms with Crippen molar-refractivity contribution in [3.63, 3.8) is 0 Å². The summed E-state index contributed by atoms with van der Waals surface area (Å²) >= 11 is 5.94. The molecule has 0 N–H and O–H groups in total. The lowest BCUT2D eigenvalue weighted by Crippen LogP contribution is -2.46. The van der Waals surface area contributed by atoms with Crippen molar-refractivity contribution in [3.05, 3.63) is 55.7 Å². The van der Waals surface area contributed by atoms with Gasteiger partial charge in [-0.1, -0.05) is 23.7 Å². The van der Waals surface area contributed by atoms with Crippen molar-refractivity contribution < 1.29 is 4.74 Å². The summed E-state index contributed by atoms with van der Waals surface area (Å²) < 4.78 is 10.3. The van der Waals surface area contributed by atoms with Crippen molar-refractivity contribution in [2.45, 2.75) is 32.6 Å². The zero-order valence-corrected chi connectivity index (χ0v) is 17.7. The summed E-state index contributed by atoms with van der Waals surface area (Å²) in [6.45, 7) is 5.55. The molecule has 29 heavy (non-hydrogen) atoms. The molecule has 0 spiro atoms. The monoisotopic (exact) mass is 417 g/mol. The summed E-state index contributed by atoms with van der Waals surface area (Å²) in [5, 5.41) is 0.606. The lowest BCUT2D eigenvalue weighted by molar-refractivity contribution is -0.00583. The van der Waals surface area contributed by atoms with Crippen LogP contribution in [0.15, 0.2) is 33.9 Å². The molecule has 9 heteroatoms. The number of hydrogen-bond acceptors (Lipinski definition) is 5. The molecule has 2 aromatic heterocycles. The highest BCUT2D eigenvalue weighted by Gasteiger charge is 2.27. The third-order valence-electron chi connectivity index (χ3n) is 5.29. The van der Waals surface area contributed by atoms with Gasteiger partial charge in [0.05, 0.1) is 18.8 Å². The smallest absolute Gasteiger partial charge is 0.332 e. The van der Waals surface area contributed by atoms with Crippen molar-refractivity contribution >= 4 is 28.7 Å². The molecule has 1 fully saturated rings. The first-order valence-corrected chi connectivity index (χ1v) is 9.95. The Labute approximate surface area is 172 Å². The van der Waals surface area contributed by atoms with E-state index in [0.29, 0.717) is 35.2 Å². The Morgan fingerprint density at radius 3 is 2.31 bits per heavy atom. The number of aryl methyl sites for hydroxylation is 2. The first-order valence-electron chi connectivity index (χ1n) is 9.57. The molecule has 3 heterocycles. The molecule has 1 saturated heterocycles. The molecule has 4 rings (SSSR count). The molecule has 1 aliphatic rings. The molecule has 0 aliphatic carbocycles. The van der Waals surface area contributed by atoms with Crippen LogP contribution in [0.5, 0.6) is 0 Å². The second kappa shape index (κ2) is 7.35. The van der Waals surface area contributed by atoms with Gasteiger partial charge in [0.15, 0.2) is 11.2 Å². The molecule has 0 radical (unpaired) electrons.